The minimum absolute atomic E-state index is 0.118. The third kappa shape index (κ3) is 22.4. The Bertz CT molecular complexity index is 310. The summed E-state index contributed by atoms with van der Waals surface area (Å²) in [6, 6.07) is 0. The Labute approximate surface area is 176 Å². The Morgan fingerprint density at radius 2 is 0.926 bits per heavy atom. The first kappa shape index (κ1) is 27.3. The van der Waals surface area contributed by atoms with Crippen molar-refractivity contribution in [3.05, 3.63) is 0 Å². The summed E-state index contributed by atoms with van der Waals surface area (Å²) in [6.07, 6.45) is 21.8. The van der Waals surface area contributed by atoms with Gasteiger partial charge in [-0.15, -0.1) is 0 Å². The molecule has 0 radical (unpaired) electrons. The number of hydrogen-bond donors (Lipinski definition) is 2. The third-order valence-electron chi connectivity index (χ3n) is 5.25. The van der Waals surface area contributed by atoms with E-state index in [2.05, 4.69) is 26.5 Å². The molecule has 0 aliphatic carbocycles. The molecule has 1 N–H and O–H groups in total. The van der Waals surface area contributed by atoms with Crippen LogP contribution < -0.4 is 0 Å². The Morgan fingerprint density at radius 3 is 1.26 bits per heavy atom. The van der Waals surface area contributed by atoms with Gasteiger partial charge in [0.15, 0.2) is 0 Å². The van der Waals surface area contributed by atoms with Crippen LogP contribution in [0.15, 0.2) is 0 Å². The van der Waals surface area contributed by atoms with E-state index in [9.17, 15) is 5.11 Å². The van der Waals surface area contributed by atoms with E-state index in [0.29, 0.717) is 6.61 Å². The summed E-state index contributed by atoms with van der Waals surface area (Å²) in [5.41, 5.74) is -0.851. The summed E-state index contributed by atoms with van der Waals surface area (Å²) < 4.78 is 5.87. The second-order valence-electron chi connectivity index (χ2n) is 9.64. The van der Waals surface area contributed by atoms with E-state index in [4.69, 9.17) is 4.74 Å². The minimum atomic E-state index is -0.733. The molecule has 0 aliphatic rings. The van der Waals surface area contributed by atoms with Crippen LogP contribution in [0.4, 0.5) is 0 Å². The molecule has 164 valence electrons. The van der Waals surface area contributed by atoms with Gasteiger partial charge in [0.2, 0.25) is 0 Å². The summed E-state index contributed by atoms with van der Waals surface area (Å²) in [5, 5.41) is 9.77. The van der Waals surface area contributed by atoms with Gasteiger partial charge in [-0.2, -0.15) is 12.6 Å². The van der Waals surface area contributed by atoms with Gasteiger partial charge < -0.3 is 9.84 Å². The summed E-state index contributed by atoms with van der Waals surface area (Å²) in [7, 11) is 0. The Hall–Kier alpha value is 0.270. The standard InChI is InChI=1S/C24H50O2S/c1-23(2,25)22-26-24(3,4)20-18-16-14-12-10-8-6-5-7-9-11-13-15-17-19-21-27/h25,27H,5-22H2,1-4H3. The lowest BCUT2D eigenvalue weighted by atomic mass is 9.98. The molecular formula is C24H50O2S. The van der Waals surface area contributed by atoms with Crippen molar-refractivity contribution in [3.8, 4) is 0 Å². The van der Waals surface area contributed by atoms with Crippen LogP contribution in [0.3, 0.4) is 0 Å². The number of rotatable bonds is 20. The van der Waals surface area contributed by atoms with Gasteiger partial charge >= 0.3 is 0 Å². The molecule has 27 heavy (non-hydrogen) atoms. The summed E-state index contributed by atoms with van der Waals surface area (Å²) in [5.74, 6) is 1.05. The molecule has 0 heterocycles. The van der Waals surface area contributed by atoms with Crippen molar-refractivity contribution in [1.82, 2.24) is 0 Å². The molecule has 0 aromatic carbocycles. The van der Waals surface area contributed by atoms with Crippen LogP contribution in [-0.2, 0) is 4.74 Å². The monoisotopic (exact) mass is 402 g/mol. The molecule has 0 atom stereocenters. The van der Waals surface area contributed by atoms with Gasteiger partial charge in [-0.25, -0.2) is 0 Å². The van der Waals surface area contributed by atoms with Crippen molar-refractivity contribution in [2.24, 2.45) is 0 Å². The molecule has 0 spiro atoms. The highest BCUT2D eigenvalue weighted by atomic mass is 32.1. The van der Waals surface area contributed by atoms with Crippen molar-refractivity contribution in [3.63, 3.8) is 0 Å². The van der Waals surface area contributed by atoms with Gasteiger partial charge in [0, 0.05) is 0 Å². The SMILES string of the molecule is CC(C)(O)COC(C)(C)CCCCCCCCCCCCCCCCCS. The van der Waals surface area contributed by atoms with Crippen LogP contribution in [0.2, 0.25) is 0 Å². The highest BCUT2D eigenvalue weighted by molar-refractivity contribution is 7.80. The molecule has 0 saturated carbocycles. The van der Waals surface area contributed by atoms with Gasteiger partial charge in [0.1, 0.15) is 0 Å². The van der Waals surface area contributed by atoms with Gasteiger partial charge in [0.05, 0.1) is 17.8 Å². The first-order valence-corrected chi connectivity index (χ1v) is 12.4. The van der Waals surface area contributed by atoms with Crippen LogP contribution in [0, 0.1) is 0 Å². The predicted octanol–water partition coefficient (Wildman–Crippen LogP) is 7.72. The lowest BCUT2D eigenvalue weighted by Crippen LogP contribution is -2.34. The Balaban J connectivity index is 3.27. The van der Waals surface area contributed by atoms with Gasteiger partial charge in [-0.1, -0.05) is 89.9 Å². The van der Waals surface area contributed by atoms with Crippen molar-refractivity contribution >= 4 is 12.6 Å². The number of unbranched alkanes of at least 4 members (excludes halogenated alkanes) is 14. The largest absolute Gasteiger partial charge is 0.388 e. The molecule has 0 unspecified atom stereocenters. The van der Waals surface area contributed by atoms with Crippen LogP contribution in [0.25, 0.3) is 0 Å². The Morgan fingerprint density at radius 1 is 0.593 bits per heavy atom. The van der Waals surface area contributed by atoms with Gasteiger partial charge in [-0.05, 0) is 46.3 Å². The lowest BCUT2D eigenvalue weighted by molar-refractivity contribution is -0.0946. The first-order chi connectivity index (χ1) is 12.8. The fourth-order valence-electron chi connectivity index (χ4n) is 3.40. The number of hydrogen-bond acceptors (Lipinski definition) is 3. The number of aliphatic hydroxyl groups is 1. The molecule has 0 aromatic heterocycles. The van der Waals surface area contributed by atoms with Crippen molar-refractivity contribution < 1.29 is 9.84 Å². The minimum Gasteiger partial charge on any atom is -0.388 e. The molecule has 0 bridgehead atoms. The molecule has 0 amide bonds. The van der Waals surface area contributed by atoms with Crippen LogP contribution in [-0.4, -0.2) is 28.7 Å². The molecule has 0 saturated heterocycles. The molecule has 0 aromatic rings. The maximum atomic E-state index is 9.77. The van der Waals surface area contributed by atoms with Gasteiger partial charge in [-0.3, -0.25) is 0 Å². The molecule has 3 heteroatoms. The average Bonchev–Trinajstić information content (AvgIpc) is 2.59. The fraction of sp³-hybridized carbons (Fsp3) is 1.00. The van der Waals surface area contributed by atoms with Crippen LogP contribution in [0.5, 0.6) is 0 Å². The normalized spacial score (nSPS) is 12.7. The van der Waals surface area contributed by atoms with E-state index >= 15 is 0 Å². The van der Waals surface area contributed by atoms with E-state index in [0.717, 1.165) is 12.2 Å². The topological polar surface area (TPSA) is 29.5 Å². The molecule has 2 nitrogen and oxygen atoms in total. The fourth-order valence-corrected chi connectivity index (χ4v) is 3.63. The van der Waals surface area contributed by atoms with E-state index < -0.39 is 5.60 Å². The smallest absolute Gasteiger partial charge is 0.0824 e. The van der Waals surface area contributed by atoms with E-state index in [1.54, 1.807) is 13.8 Å². The predicted molar refractivity (Wildman–Crippen MR) is 124 cm³/mol. The quantitative estimate of drug-likeness (QED) is 0.161. The average molecular weight is 403 g/mol. The number of thiol groups is 1. The third-order valence-corrected chi connectivity index (χ3v) is 5.57. The molecule has 0 aliphatic heterocycles. The first-order valence-electron chi connectivity index (χ1n) is 11.7. The second kappa shape index (κ2) is 17.2. The zero-order valence-corrected chi connectivity index (χ0v) is 19.9. The van der Waals surface area contributed by atoms with Crippen LogP contribution in [0.1, 0.15) is 130 Å². The highest BCUT2D eigenvalue weighted by Crippen LogP contribution is 2.21. The summed E-state index contributed by atoms with van der Waals surface area (Å²) in [4.78, 5) is 0. The maximum absolute atomic E-state index is 9.77. The molecule has 0 rings (SSSR count). The summed E-state index contributed by atoms with van der Waals surface area (Å²) in [6.45, 7) is 8.29. The lowest BCUT2D eigenvalue weighted by Gasteiger charge is -2.29. The maximum Gasteiger partial charge on any atom is 0.0824 e. The zero-order chi connectivity index (χ0) is 20.4. The molecule has 0 fully saturated rings. The van der Waals surface area contributed by atoms with Gasteiger partial charge in [0.25, 0.3) is 0 Å². The van der Waals surface area contributed by atoms with E-state index in [1.807, 2.05) is 0 Å². The van der Waals surface area contributed by atoms with E-state index in [-0.39, 0.29) is 5.60 Å². The van der Waals surface area contributed by atoms with Crippen molar-refractivity contribution in [2.75, 3.05) is 12.4 Å². The highest BCUT2D eigenvalue weighted by Gasteiger charge is 2.22. The summed E-state index contributed by atoms with van der Waals surface area (Å²) >= 11 is 4.26. The van der Waals surface area contributed by atoms with Crippen molar-refractivity contribution in [2.45, 2.75) is 142 Å². The van der Waals surface area contributed by atoms with E-state index in [1.165, 1.54) is 96.3 Å². The zero-order valence-electron chi connectivity index (χ0n) is 19.0. The van der Waals surface area contributed by atoms with Crippen molar-refractivity contribution in [1.29, 1.82) is 0 Å². The second-order valence-corrected chi connectivity index (χ2v) is 10.1. The Kier molecular flexibility index (Phi) is 17.3. The number of ether oxygens (including phenoxy) is 1. The van der Waals surface area contributed by atoms with Crippen LogP contribution >= 0.6 is 12.6 Å². The molecular weight excluding hydrogens is 352 g/mol.